The molecule has 20 heavy (non-hydrogen) atoms. The van der Waals surface area contributed by atoms with Crippen molar-refractivity contribution in [2.24, 2.45) is 5.92 Å². The van der Waals surface area contributed by atoms with Crippen LogP contribution in [0.3, 0.4) is 0 Å². The predicted molar refractivity (Wildman–Crippen MR) is 82.9 cm³/mol. The molecule has 3 heteroatoms. The number of hydrogen-bond donors (Lipinski definition) is 1. The third-order valence-electron chi connectivity index (χ3n) is 3.85. The molecule has 0 aliphatic carbocycles. The highest BCUT2D eigenvalue weighted by Gasteiger charge is 2.23. The Kier molecular flexibility index (Phi) is 5.18. The lowest BCUT2D eigenvalue weighted by Crippen LogP contribution is -2.43. The number of hydrogen-bond acceptors (Lipinski definition) is 2. The van der Waals surface area contributed by atoms with Crippen LogP contribution in [0.15, 0.2) is 24.3 Å². The number of carbonyl (C=O) groups is 1. The van der Waals surface area contributed by atoms with Crippen LogP contribution in [0.25, 0.3) is 0 Å². The van der Waals surface area contributed by atoms with Crippen molar-refractivity contribution in [3.8, 4) is 0 Å². The molecule has 1 atom stereocenters. The molecule has 2 rings (SSSR count). The van der Waals surface area contributed by atoms with Gasteiger partial charge in [-0.1, -0.05) is 32.0 Å². The Morgan fingerprint density at radius 1 is 1.40 bits per heavy atom. The number of rotatable bonds is 5. The van der Waals surface area contributed by atoms with Crippen molar-refractivity contribution >= 4 is 5.91 Å². The highest BCUT2D eigenvalue weighted by molar-refractivity contribution is 5.95. The van der Waals surface area contributed by atoms with E-state index < -0.39 is 0 Å². The lowest BCUT2D eigenvalue weighted by Gasteiger charge is -2.28. The summed E-state index contributed by atoms with van der Waals surface area (Å²) in [5, 5.41) is 3.49. The van der Waals surface area contributed by atoms with Crippen LogP contribution in [-0.4, -0.2) is 36.5 Å². The Morgan fingerprint density at radius 2 is 2.15 bits per heavy atom. The SMILES string of the molecule is Cc1ccccc1C(=O)N(CC(C)C)CC1CCCN1. The van der Waals surface area contributed by atoms with Crippen molar-refractivity contribution < 1.29 is 4.79 Å². The molecule has 1 aromatic carbocycles. The van der Waals surface area contributed by atoms with E-state index in [4.69, 9.17) is 0 Å². The molecule has 1 aliphatic rings. The summed E-state index contributed by atoms with van der Waals surface area (Å²) in [4.78, 5) is 14.8. The first-order valence-corrected chi connectivity index (χ1v) is 7.66. The number of nitrogens with zero attached hydrogens (tertiary/aromatic N) is 1. The summed E-state index contributed by atoms with van der Waals surface area (Å²) in [6.45, 7) is 9.07. The van der Waals surface area contributed by atoms with Crippen LogP contribution in [0.2, 0.25) is 0 Å². The molecule has 1 fully saturated rings. The highest BCUT2D eigenvalue weighted by Crippen LogP contribution is 2.15. The fraction of sp³-hybridized carbons (Fsp3) is 0.588. The van der Waals surface area contributed by atoms with Gasteiger partial charge in [0.25, 0.3) is 5.91 Å². The molecule has 110 valence electrons. The van der Waals surface area contributed by atoms with Crippen molar-refractivity contribution in [1.29, 1.82) is 0 Å². The molecule has 0 aromatic heterocycles. The molecule has 0 spiro atoms. The zero-order valence-corrected chi connectivity index (χ0v) is 12.9. The molecule has 1 aromatic rings. The fourth-order valence-corrected chi connectivity index (χ4v) is 2.84. The van der Waals surface area contributed by atoms with Gasteiger partial charge in [-0.25, -0.2) is 0 Å². The molecular weight excluding hydrogens is 248 g/mol. The van der Waals surface area contributed by atoms with Gasteiger partial charge >= 0.3 is 0 Å². The van der Waals surface area contributed by atoms with Crippen LogP contribution in [0, 0.1) is 12.8 Å². The molecular formula is C17H26N2O. The highest BCUT2D eigenvalue weighted by atomic mass is 16.2. The molecule has 3 nitrogen and oxygen atoms in total. The van der Waals surface area contributed by atoms with E-state index in [-0.39, 0.29) is 5.91 Å². The van der Waals surface area contributed by atoms with E-state index in [0.29, 0.717) is 12.0 Å². The molecule has 1 unspecified atom stereocenters. The summed E-state index contributed by atoms with van der Waals surface area (Å²) < 4.78 is 0. The summed E-state index contributed by atoms with van der Waals surface area (Å²) in [5.74, 6) is 0.662. The van der Waals surface area contributed by atoms with E-state index in [1.807, 2.05) is 36.1 Å². The normalized spacial score (nSPS) is 18.5. The lowest BCUT2D eigenvalue weighted by atomic mass is 10.1. The predicted octanol–water partition coefficient (Wildman–Crippen LogP) is 2.85. The van der Waals surface area contributed by atoms with Gasteiger partial charge in [-0.15, -0.1) is 0 Å². The summed E-state index contributed by atoms with van der Waals surface area (Å²) in [5.41, 5.74) is 1.90. The van der Waals surface area contributed by atoms with E-state index in [9.17, 15) is 4.79 Å². The summed E-state index contributed by atoms with van der Waals surface area (Å²) in [6, 6.07) is 8.34. The maximum atomic E-state index is 12.8. The Labute approximate surface area is 122 Å². The third kappa shape index (κ3) is 3.83. The van der Waals surface area contributed by atoms with E-state index in [1.165, 1.54) is 12.8 Å². The van der Waals surface area contributed by atoms with Crippen LogP contribution in [0.5, 0.6) is 0 Å². The maximum Gasteiger partial charge on any atom is 0.254 e. The summed E-state index contributed by atoms with van der Waals surface area (Å²) in [7, 11) is 0. The average Bonchev–Trinajstić information content (AvgIpc) is 2.90. The van der Waals surface area contributed by atoms with Crippen molar-refractivity contribution in [3.63, 3.8) is 0 Å². The number of aryl methyl sites for hydroxylation is 1. The molecule has 0 bridgehead atoms. The molecule has 0 saturated carbocycles. The third-order valence-corrected chi connectivity index (χ3v) is 3.85. The summed E-state index contributed by atoms with van der Waals surface area (Å²) >= 11 is 0. The second kappa shape index (κ2) is 6.89. The molecule has 1 N–H and O–H groups in total. The molecule has 1 heterocycles. The Balaban J connectivity index is 2.12. The quantitative estimate of drug-likeness (QED) is 0.895. The number of nitrogens with one attached hydrogen (secondary N) is 1. The molecule has 1 saturated heterocycles. The Morgan fingerprint density at radius 3 is 2.75 bits per heavy atom. The largest absolute Gasteiger partial charge is 0.337 e. The average molecular weight is 274 g/mol. The number of benzene rings is 1. The second-order valence-corrected chi connectivity index (χ2v) is 6.21. The smallest absolute Gasteiger partial charge is 0.254 e. The van der Waals surface area contributed by atoms with Gasteiger partial charge in [-0.3, -0.25) is 4.79 Å². The Hall–Kier alpha value is -1.35. The van der Waals surface area contributed by atoms with Crippen LogP contribution in [0.4, 0.5) is 0 Å². The van der Waals surface area contributed by atoms with Gasteiger partial charge in [0, 0.05) is 24.7 Å². The van der Waals surface area contributed by atoms with Gasteiger partial charge in [0.15, 0.2) is 0 Å². The van der Waals surface area contributed by atoms with E-state index >= 15 is 0 Å². The van der Waals surface area contributed by atoms with E-state index in [1.54, 1.807) is 0 Å². The van der Waals surface area contributed by atoms with Crippen molar-refractivity contribution in [3.05, 3.63) is 35.4 Å². The first-order chi connectivity index (χ1) is 9.58. The van der Waals surface area contributed by atoms with Gasteiger partial charge in [0.1, 0.15) is 0 Å². The standard InChI is InChI=1S/C17H26N2O/c1-13(2)11-19(12-15-8-6-10-18-15)17(20)16-9-5-4-7-14(16)3/h4-5,7,9,13,15,18H,6,8,10-12H2,1-3H3. The van der Waals surface area contributed by atoms with Gasteiger partial charge in [0.05, 0.1) is 0 Å². The molecule has 1 aliphatic heterocycles. The first-order valence-electron chi connectivity index (χ1n) is 7.66. The molecule has 0 radical (unpaired) electrons. The first kappa shape index (κ1) is 15.0. The molecule has 1 amide bonds. The zero-order chi connectivity index (χ0) is 14.5. The van der Waals surface area contributed by atoms with E-state index in [0.717, 1.165) is 30.8 Å². The van der Waals surface area contributed by atoms with Crippen LogP contribution in [-0.2, 0) is 0 Å². The fourth-order valence-electron chi connectivity index (χ4n) is 2.84. The van der Waals surface area contributed by atoms with Gasteiger partial charge in [-0.2, -0.15) is 0 Å². The van der Waals surface area contributed by atoms with Crippen LogP contribution < -0.4 is 5.32 Å². The summed E-state index contributed by atoms with van der Waals surface area (Å²) in [6.07, 6.45) is 2.40. The van der Waals surface area contributed by atoms with Crippen LogP contribution >= 0.6 is 0 Å². The minimum atomic E-state index is 0.172. The topological polar surface area (TPSA) is 32.3 Å². The second-order valence-electron chi connectivity index (χ2n) is 6.21. The van der Waals surface area contributed by atoms with Gasteiger partial charge in [0.2, 0.25) is 0 Å². The minimum absolute atomic E-state index is 0.172. The van der Waals surface area contributed by atoms with Gasteiger partial charge in [-0.05, 0) is 43.9 Å². The van der Waals surface area contributed by atoms with Crippen molar-refractivity contribution in [2.75, 3.05) is 19.6 Å². The Bertz CT molecular complexity index is 450. The maximum absolute atomic E-state index is 12.8. The zero-order valence-electron chi connectivity index (χ0n) is 12.9. The van der Waals surface area contributed by atoms with Crippen molar-refractivity contribution in [1.82, 2.24) is 10.2 Å². The lowest BCUT2D eigenvalue weighted by molar-refractivity contribution is 0.0720. The monoisotopic (exact) mass is 274 g/mol. The van der Waals surface area contributed by atoms with Crippen molar-refractivity contribution in [2.45, 2.75) is 39.7 Å². The minimum Gasteiger partial charge on any atom is -0.337 e. The van der Waals surface area contributed by atoms with Crippen LogP contribution in [0.1, 0.15) is 42.6 Å². The number of carbonyl (C=O) groups excluding carboxylic acids is 1. The van der Waals surface area contributed by atoms with E-state index in [2.05, 4.69) is 19.2 Å². The van der Waals surface area contributed by atoms with Gasteiger partial charge < -0.3 is 10.2 Å². The number of amides is 1.